The van der Waals surface area contributed by atoms with Crippen LogP contribution in [0.3, 0.4) is 0 Å². The summed E-state index contributed by atoms with van der Waals surface area (Å²) in [7, 11) is 0. The zero-order valence-corrected chi connectivity index (χ0v) is 11.9. The molecule has 0 aliphatic heterocycles. The maximum atomic E-state index is 11.5. The van der Waals surface area contributed by atoms with Gasteiger partial charge in [-0.1, -0.05) is 13.8 Å². The monoisotopic (exact) mass is 258 g/mol. The molecule has 0 saturated carbocycles. The van der Waals surface area contributed by atoms with Gasteiger partial charge in [0.25, 0.3) is 0 Å². The summed E-state index contributed by atoms with van der Waals surface area (Å²) in [6.45, 7) is 10.7. The first-order valence-corrected chi connectivity index (χ1v) is 6.67. The summed E-state index contributed by atoms with van der Waals surface area (Å²) in [6.07, 6.45) is 1.87. The molecule has 0 aromatic heterocycles. The van der Waals surface area contributed by atoms with Crippen molar-refractivity contribution in [3.05, 3.63) is 0 Å². The Bertz CT molecular complexity index is 265. The van der Waals surface area contributed by atoms with E-state index in [1.54, 1.807) is 0 Å². The van der Waals surface area contributed by atoms with E-state index in [0.717, 1.165) is 32.5 Å². The van der Waals surface area contributed by atoms with Gasteiger partial charge < -0.3 is 15.3 Å². The molecule has 5 nitrogen and oxygen atoms in total. The van der Waals surface area contributed by atoms with Gasteiger partial charge in [-0.15, -0.1) is 0 Å². The molecule has 0 fully saturated rings. The summed E-state index contributed by atoms with van der Waals surface area (Å²) in [5.41, 5.74) is 0. The van der Waals surface area contributed by atoms with Gasteiger partial charge in [-0.3, -0.25) is 9.59 Å². The molecule has 5 heteroatoms. The third kappa shape index (κ3) is 6.59. The quantitative estimate of drug-likeness (QED) is 0.612. The molecule has 0 heterocycles. The van der Waals surface area contributed by atoms with Crippen LogP contribution in [0.5, 0.6) is 0 Å². The number of hydrogen-bond donors (Lipinski definition) is 2. The van der Waals surface area contributed by atoms with Gasteiger partial charge in [-0.2, -0.15) is 0 Å². The van der Waals surface area contributed by atoms with E-state index in [-0.39, 0.29) is 6.04 Å². The van der Waals surface area contributed by atoms with E-state index < -0.39 is 17.8 Å². The minimum atomic E-state index is -1.08. The number of carbonyl (C=O) groups is 2. The highest BCUT2D eigenvalue weighted by Crippen LogP contribution is 2.02. The Morgan fingerprint density at radius 2 is 1.78 bits per heavy atom. The highest BCUT2D eigenvalue weighted by molar-refractivity contribution is 5.96. The number of rotatable bonds is 9. The summed E-state index contributed by atoms with van der Waals surface area (Å²) in [5, 5.41) is 11.4. The first kappa shape index (κ1) is 16.9. The maximum Gasteiger partial charge on any atom is 0.315 e. The molecule has 18 heavy (non-hydrogen) atoms. The van der Waals surface area contributed by atoms with Crippen LogP contribution in [0.15, 0.2) is 0 Å². The minimum absolute atomic E-state index is 0.0230. The predicted molar refractivity (Wildman–Crippen MR) is 71.4 cm³/mol. The van der Waals surface area contributed by atoms with Crippen molar-refractivity contribution >= 4 is 11.9 Å². The second-order valence-corrected chi connectivity index (χ2v) is 4.64. The lowest BCUT2D eigenvalue weighted by molar-refractivity contribution is -0.146. The molecular weight excluding hydrogens is 232 g/mol. The first-order valence-electron chi connectivity index (χ1n) is 6.67. The van der Waals surface area contributed by atoms with E-state index in [1.165, 1.54) is 6.92 Å². The fourth-order valence-electron chi connectivity index (χ4n) is 1.71. The summed E-state index contributed by atoms with van der Waals surface area (Å²) < 4.78 is 0. The van der Waals surface area contributed by atoms with Crippen LogP contribution >= 0.6 is 0 Å². The number of amides is 1. The fourth-order valence-corrected chi connectivity index (χ4v) is 1.71. The zero-order chi connectivity index (χ0) is 14.1. The molecule has 2 N–H and O–H groups in total. The normalized spacial score (nSPS) is 14.3. The molecule has 0 radical (unpaired) electrons. The van der Waals surface area contributed by atoms with E-state index in [0.29, 0.717) is 0 Å². The zero-order valence-electron chi connectivity index (χ0n) is 11.9. The van der Waals surface area contributed by atoms with Crippen molar-refractivity contribution in [1.82, 2.24) is 10.2 Å². The van der Waals surface area contributed by atoms with Gasteiger partial charge in [0.05, 0.1) is 0 Å². The van der Waals surface area contributed by atoms with Crippen molar-refractivity contribution in [2.24, 2.45) is 5.92 Å². The van der Waals surface area contributed by atoms with Crippen molar-refractivity contribution in [3.8, 4) is 0 Å². The third-order valence-corrected chi connectivity index (χ3v) is 3.16. The Morgan fingerprint density at radius 1 is 1.22 bits per heavy atom. The van der Waals surface area contributed by atoms with Gasteiger partial charge >= 0.3 is 5.97 Å². The molecule has 0 rings (SSSR count). The molecule has 0 aliphatic rings. The Kier molecular flexibility index (Phi) is 8.37. The number of nitrogens with one attached hydrogen (secondary N) is 1. The van der Waals surface area contributed by atoms with Crippen LogP contribution < -0.4 is 5.32 Å². The van der Waals surface area contributed by atoms with Crippen LogP contribution in [0.2, 0.25) is 0 Å². The molecule has 0 aromatic carbocycles. The van der Waals surface area contributed by atoms with Gasteiger partial charge in [0.1, 0.15) is 5.92 Å². The molecular formula is C13H26N2O3. The number of nitrogens with zero attached hydrogens (tertiary/aromatic N) is 1. The minimum Gasteiger partial charge on any atom is -0.481 e. The standard InChI is InChI=1S/C13H26N2O3/c1-5-15(6-2)9-7-8-10(3)14-12(16)11(4)13(17)18/h10-11H,5-9H2,1-4H3,(H,14,16)(H,17,18). The van der Waals surface area contributed by atoms with Gasteiger partial charge in [-0.25, -0.2) is 0 Å². The number of hydrogen-bond acceptors (Lipinski definition) is 3. The SMILES string of the molecule is CCN(CC)CCCC(C)NC(=O)C(C)C(=O)O. The first-order chi connectivity index (χ1) is 8.42. The lowest BCUT2D eigenvalue weighted by Gasteiger charge is -2.20. The number of carbonyl (C=O) groups excluding carboxylic acids is 1. The molecule has 0 aromatic rings. The third-order valence-electron chi connectivity index (χ3n) is 3.16. The van der Waals surface area contributed by atoms with Crippen molar-refractivity contribution in [2.75, 3.05) is 19.6 Å². The molecule has 1 amide bonds. The van der Waals surface area contributed by atoms with Crippen LogP contribution in [-0.2, 0) is 9.59 Å². The summed E-state index contributed by atoms with van der Waals surface area (Å²) in [4.78, 5) is 24.5. The molecule has 0 saturated heterocycles. The molecule has 0 aliphatic carbocycles. The Morgan fingerprint density at radius 3 is 2.22 bits per heavy atom. The van der Waals surface area contributed by atoms with E-state index in [9.17, 15) is 9.59 Å². The number of aliphatic carboxylic acids is 1. The number of carboxylic acid groups (broad SMARTS) is 1. The Labute approximate surface area is 110 Å². The predicted octanol–water partition coefficient (Wildman–Crippen LogP) is 1.33. The maximum absolute atomic E-state index is 11.5. The van der Waals surface area contributed by atoms with E-state index in [1.807, 2.05) is 6.92 Å². The van der Waals surface area contributed by atoms with Crippen molar-refractivity contribution in [3.63, 3.8) is 0 Å². The summed E-state index contributed by atoms with van der Waals surface area (Å²) >= 11 is 0. The highest BCUT2D eigenvalue weighted by Gasteiger charge is 2.21. The smallest absolute Gasteiger partial charge is 0.315 e. The van der Waals surface area contributed by atoms with Gasteiger partial charge in [0.15, 0.2) is 0 Å². The van der Waals surface area contributed by atoms with Crippen LogP contribution in [0, 0.1) is 5.92 Å². The topological polar surface area (TPSA) is 69.6 Å². The number of carboxylic acids is 1. The molecule has 2 atom stereocenters. The van der Waals surface area contributed by atoms with Crippen LogP contribution in [0.4, 0.5) is 0 Å². The van der Waals surface area contributed by atoms with Gasteiger partial charge in [0, 0.05) is 6.04 Å². The largest absolute Gasteiger partial charge is 0.481 e. The van der Waals surface area contributed by atoms with Crippen molar-refractivity contribution < 1.29 is 14.7 Å². The van der Waals surface area contributed by atoms with Gasteiger partial charge in [-0.05, 0) is 46.3 Å². The Balaban J connectivity index is 3.87. The lowest BCUT2D eigenvalue weighted by Crippen LogP contribution is -2.39. The van der Waals surface area contributed by atoms with Crippen LogP contribution in [0.25, 0.3) is 0 Å². The molecule has 0 bridgehead atoms. The average Bonchev–Trinajstić information content (AvgIpc) is 2.33. The van der Waals surface area contributed by atoms with Crippen LogP contribution in [-0.4, -0.2) is 47.6 Å². The highest BCUT2D eigenvalue weighted by atomic mass is 16.4. The van der Waals surface area contributed by atoms with Crippen molar-refractivity contribution in [2.45, 2.75) is 46.6 Å². The molecule has 106 valence electrons. The lowest BCUT2D eigenvalue weighted by atomic mass is 10.1. The average molecular weight is 258 g/mol. The molecule has 2 unspecified atom stereocenters. The van der Waals surface area contributed by atoms with Crippen molar-refractivity contribution in [1.29, 1.82) is 0 Å². The van der Waals surface area contributed by atoms with Crippen LogP contribution in [0.1, 0.15) is 40.5 Å². The summed E-state index contributed by atoms with van der Waals surface area (Å²) in [6, 6.07) is 0.0230. The second-order valence-electron chi connectivity index (χ2n) is 4.64. The summed E-state index contributed by atoms with van der Waals surface area (Å²) in [5.74, 6) is -2.46. The second kappa shape index (κ2) is 8.91. The van der Waals surface area contributed by atoms with E-state index >= 15 is 0 Å². The van der Waals surface area contributed by atoms with E-state index in [2.05, 4.69) is 24.1 Å². The van der Waals surface area contributed by atoms with E-state index in [4.69, 9.17) is 5.11 Å². The molecule has 0 spiro atoms. The van der Waals surface area contributed by atoms with Gasteiger partial charge in [0.2, 0.25) is 5.91 Å². The Hall–Kier alpha value is -1.10. The fraction of sp³-hybridized carbons (Fsp3) is 0.846.